The lowest BCUT2D eigenvalue weighted by Gasteiger charge is -2.24. The third-order valence-corrected chi connectivity index (χ3v) is 6.52. The summed E-state index contributed by atoms with van der Waals surface area (Å²) in [6, 6.07) is 9.77. The summed E-state index contributed by atoms with van der Waals surface area (Å²) in [4.78, 5) is 31.6. The maximum atomic E-state index is 12.9. The van der Waals surface area contributed by atoms with Crippen LogP contribution in [0.25, 0.3) is 11.4 Å². The quantitative estimate of drug-likeness (QED) is 0.804. The molecule has 166 valence electrons. The monoisotopic (exact) mass is 424 g/mol. The van der Waals surface area contributed by atoms with Gasteiger partial charge in [0.05, 0.1) is 0 Å². The van der Waals surface area contributed by atoms with E-state index in [-0.39, 0.29) is 17.7 Å². The Labute approximate surface area is 183 Å². The van der Waals surface area contributed by atoms with Gasteiger partial charge in [0.2, 0.25) is 23.5 Å². The minimum atomic E-state index is -0.00480. The molecule has 2 aromatic rings. The van der Waals surface area contributed by atoms with Crippen LogP contribution >= 0.6 is 0 Å². The predicted octanol–water partition coefficient (Wildman–Crippen LogP) is 3.92. The lowest BCUT2D eigenvalue weighted by atomic mass is 9.98. The number of rotatable bonds is 4. The number of hydrogen-bond acceptors (Lipinski definition) is 5. The van der Waals surface area contributed by atoms with Gasteiger partial charge in [-0.3, -0.25) is 9.59 Å². The van der Waals surface area contributed by atoms with E-state index in [4.69, 9.17) is 4.52 Å². The van der Waals surface area contributed by atoms with E-state index in [9.17, 15) is 9.59 Å². The zero-order chi connectivity index (χ0) is 21.5. The highest BCUT2D eigenvalue weighted by atomic mass is 16.5. The molecule has 4 rings (SSSR count). The smallest absolute Gasteiger partial charge is 0.230 e. The molecule has 0 bridgehead atoms. The van der Waals surface area contributed by atoms with E-state index in [1.54, 1.807) is 0 Å². The molecule has 31 heavy (non-hydrogen) atoms. The SMILES string of the molecule is O=C1CCN(C(=O)CC2CCCC2)CCCC(c2nc(-c3ccccc3)no2)CCN1. The van der Waals surface area contributed by atoms with Gasteiger partial charge < -0.3 is 14.7 Å². The van der Waals surface area contributed by atoms with Gasteiger partial charge in [0, 0.05) is 44.0 Å². The standard InChI is InChI=1S/C24H32N4O3/c29-21-13-16-28(22(30)17-18-7-4-5-8-18)15-6-11-20(12-14-25-21)24-26-23(27-31-24)19-9-2-1-3-10-19/h1-3,9-10,18,20H,4-8,11-17H2,(H,25,29). The molecule has 0 radical (unpaired) electrons. The second-order valence-corrected chi connectivity index (χ2v) is 8.79. The van der Waals surface area contributed by atoms with Crippen LogP contribution in [0.1, 0.15) is 69.6 Å². The molecule has 7 heteroatoms. The third-order valence-electron chi connectivity index (χ3n) is 6.52. The van der Waals surface area contributed by atoms with Crippen molar-refractivity contribution in [3.05, 3.63) is 36.2 Å². The first kappa shape index (κ1) is 21.5. The molecular formula is C24H32N4O3. The van der Waals surface area contributed by atoms with Crippen LogP contribution in [-0.2, 0) is 9.59 Å². The van der Waals surface area contributed by atoms with Crippen molar-refractivity contribution in [2.24, 2.45) is 5.92 Å². The summed E-state index contributed by atoms with van der Waals surface area (Å²) in [5.74, 6) is 1.96. The predicted molar refractivity (Wildman–Crippen MR) is 117 cm³/mol. The molecule has 1 aromatic heterocycles. The zero-order valence-electron chi connectivity index (χ0n) is 18.1. The van der Waals surface area contributed by atoms with Crippen molar-refractivity contribution in [1.82, 2.24) is 20.4 Å². The molecule has 1 saturated carbocycles. The fraction of sp³-hybridized carbons (Fsp3) is 0.583. The van der Waals surface area contributed by atoms with Crippen LogP contribution in [0.3, 0.4) is 0 Å². The third kappa shape index (κ3) is 5.93. The van der Waals surface area contributed by atoms with Crippen LogP contribution in [0.2, 0.25) is 0 Å². The number of benzene rings is 1. The van der Waals surface area contributed by atoms with Gasteiger partial charge in [-0.2, -0.15) is 4.98 Å². The van der Waals surface area contributed by atoms with Crippen molar-refractivity contribution in [3.8, 4) is 11.4 Å². The topological polar surface area (TPSA) is 88.3 Å². The Morgan fingerprint density at radius 1 is 1.06 bits per heavy atom. The van der Waals surface area contributed by atoms with Gasteiger partial charge in [-0.25, -0.2) is 0 Å². The molecule has 2 fully saturated rings. The van der Waals surface area contributed by atoms with Crippen LogP contribution in [-0.4, -0.2) is 46.5 Å². The number of hydrogen-bond donors (Lipinski definition) is 1. The summed E-state index contributed by atoms with van der Waals surface area (Å²) in [5, 5.41) is 7.14. The highest BCUT2D eigenvalue weighted by molar-refractivity contribution is 5.79. The minimum absolute atomic E-state index is 0.00480. The van der Waals surface area contributed by atoms with Gasteiger partial charge in [0.25, 0.3) is 0 Å². The lowest BCUT2D eigenvalue weighted by Crippen LogP contribution is -2.36. The summed E-state index contributed by atoms with van der Waals surface area (Å²) in [7, 11) is 0. The second kappa shape index (κ2) is 10.6. The van der Waals surface area contributed by atoms with E-state index in [2.05, 4.69) is 15.5 Å². The van der Waals surface area contributed by atoms with Crippen molar-refractivity contribution in [2.45, 2.75) is 63.7 Å². The maximum Gasteiger partial charge on any atom is 0.230 e. The Kier molecular flexibility index (Phi) is 7.33. The van der Waals surface area contributed by atoms with Crippen molar-refractivity contribution in [3.63, 3.8) is 0 Å². The maximum absolute atomic E-state index is 12.9. The van der Waals surface area contributed by atoms with E-state index in [1.165, 1.54) is 12.8 Å². The number of aromatic nitrogens is 2. The van der Waals surface area contributed by atoms with Gasteiger partial charge in [0.15, 0.2) is 0 Å². The number of nitrogens with one attached hydrogen (secondary N) is 1. The van der Waals surface area contributed by atoms with E-state index < -0.39 is 0 Å². The molecular weight excluding hydrogens is 392 g/mol. The summed E-state index contributed by atoms with van der Waals surface area (Å²) in [6.07, 6.45) is 8.21. The molecule has 1 aromatic carbocycles. The van der Waals surface area contributed by atoms with E-state index in [0.29, 0.717) is 50.1 Å². The van der Waals surface area contributed by atoms with E-state index >= 15 is 0 Å². The number of nitrogens with zero attached hydrogens (tertiary/aromatic N) is 3. The van der Waals surface area contributed by atoms with Crippen molar-refractivity contribution in [2.75, 3.05) is 19.6 Å². The Bertz CT molecular complexity index is 861. The average molecular weight is 425 g/mol. The van der Waals surface area contributed by atoms with Crippen LogP contribution in [0.5, 0.6) is 0 Å². The number of amides is 2. The Hall–Kier alpha value is -2.70. The van der Waals surface area contributed by atoms with E-state index in [1.807, 2.05) is 35.2 Å². The average Bonchev–Trinajstić information content (AvgIpc) is 3.47. The van der Waals surface area contributed by atoms with Gasteiger partial charge in [0.1, 0.15) is 0 Å². The number of carbonyl (C=O) groups excluding carboxylic acids is 2. The zero-order valence-corrected chi connectivity index (χ0v) is 18.1. The molecule has 2 aliphatic rings. The number of carbonyl (C=O) groups is 2. The molecule has 1 aliphatic heterocycles. The molecule has 1 N–H and O–H groups in total. The van der Waals surface area contributed by atoms with Crippen LogP contribution in [0.4, 0.5) is 0 Å². The lowest BCUT2D eigenvalue weighted by molar-refractivity contribution is -0.132. The Morgan fingerprint density at radius 3 is 2.68 bits per heavy atom. The fourth-order valence-electron chi connectivity index (χ4n) is 4.69. The highest BCUT2D eigenvalue weighted by Gasteiger charge is 2.25. The molecule has 1 aliphatic carbocycles. The fourth-order valence-corrected chi connectivity index (χ4v) is 4.69. The molecule has 7 nitrogen and oxygen atoms in total. The van der Waals surface area contributed by atoms with Gasteiger partial charge in [-0.15, -0.1) is 0 Å². The molecule has 2 amide bonds. The molecule has 2 heterocycles. The van der Waals surface area contributed by atoms with Crippen molar-refractivity contribution < 1.29 is 14.1 Å². The molecule has 0 spiro atoms. The largest absolute Gasteiger partial charge is 0.356 e. The van der Waals surface area contributed by atoms with Crippen molar-refractivity contribution >= 4 is 11.8 Å². The second-order valence-electron chi connectivity index (χ2n) is 8.79. The molecule has 1 unspecified atom stereocenters. The van der Waals surface area contributed by atoms with Crippen molar-refractivity contribution in [1.29, 1.82) is 0 Å². The highest BCUT2D eigenvalue weighted by Crippen LogP contribution is 2.29. The molecule has 1 atom stereocenters. The van der Waals surface area contributed by atoms with Gasteiger partial charge in [-0.1, -0.05) is 48.3 Å². The Morgan fingerprint density at radius 2 is 1.87 bits per heavy atom. The normalized spacial score (nSPS) is 21.5. The molecule has 1 saturated heterocycles. The summed E-state index contributed by atoms with van der Waals surface area (Å²) in [6.45, 7) is 1.75. The first-order valence-corrected chi connectivity index (χ1v) is 11.6. The summed E-state index contributed by atoms with van der Waals surface area (Å²) < 4.78 is 5.59. The van der Waals surface area contributed by atoms with Gasteiger partial charge >= 0.3 is 0 Å². The summed E-state index contributed by atoms with van der Waals surface area (Å²) in [5.41, 5.74) is 0.922. The minimum Gasteiger partial charge on any atom is -0.356 e. The van der Waals surface area contributed by atoms with Crippen LogP contribution in [0, 0.1) is 5.92 Å². The summed E-state index contributed by atoms with van der Waals surface area (Å²) >= 11 is 0. The van der Waals surface area contributed by atoms with Gasteiger partial charge in [-0.05, 0) is 38.0 Å². The van der Waals surface area contributed by atoms with E-state index in [0.717, 1.165) is 37.7 Å². The first-order chi connectivity index (χ1) is 15.2. The van der Waals surface area contributed by atoms with Crippen LogP contribution < -0.4 is 5.32 Å². The first-order valence-electron chi connectivity index (χ1n) is 11.6. The van der Waals surface area contributed by atoms with Crippen LogP contribution in [0.15, 0.2) is 34.9 Å². The Balaban J connectivity index is 1.41.